The minimum atomic E-state index is 0.869. The summed E-state index contributed by atoms with van der Waals surface area (Å²) < 4.78 is 2.08. The third-order valence-corrected chi connectivity index (χ3v) is 9.80. The zero-order valence-corrected chi connectivity index (χ0v) is 26.6. The smallest absolute Gasteiger partial charge is 0.165 e. The average Bonchev–Trinajstić information content (AvgIpc) is 3.56. The van der Waals surface area contributed by atoms with Gasteiger partial charge in [0.25, 0.3) is 0 Å². The first kappa shape index (κ1) is 27.5. The third-order valence-electron chi connectivity index (χ3n) is 9.80. The Morgan fingerprint density at radius 3 is 1.55 bits per heavy atom. The lowest BCUT2D eigenvalue weighted by Crippen LogP contribution is -1.93. The van der Waals surface area contributed by atoms with Crippen molar-refractivity contribution in [1.29, 1.82) is 0 Å². The van der Waals surface area contributed by atoms with Crippen LogP contribution < -0.4 is 0 Å². The number of rotatable bonds is 4. The Morgan fingerprint density at radius 1 is 0.347 bits per heavy atom. The molecule has 0 radical (unpaired) electrons. The topological polar surface area (TPSA) is 30.2 Å². The summed E-state index contributed by atoms with van der Waals surface area (Å²) in [6.07, 6.45) is 2.04. The van der Waals surface area contributed by atoms with Gasteiger partial charge in [0.1, 0.15) is 11.2 Å². The van der Waals surface area contributed by atoms with Crippen molar-refractivity contribution in [2.24, 2.45) is 0 Å². The van der Waals surface area contributed by atoms with E-state index in [2.05, 4.69) is 156 Å². The quantitative estimate of drug-likeness (QED) is 0.183. The lowest BCUT2D eigenvalue weighted by Gasteiger charge is -2.18. The van der Waals surface area contributed by atoms with Crippen LogP contribution in [0.15, 0.2) is 176 Å². The van der Waals surface area contributed by atoms with E-state index in [-0.39, 0.29) is 0 Å². The van der Waals surface area contributed by atoms with Crippen molar-refractivity contribution in [2.45, 2.75) is 0 Å². The van der Waals surface area contributed by atoms with E-state index in [0.29, 0.717) is 0 Å². The maximum atomic E-state index is 5.30. The fourth-order valence-electron chi connectivity index (χ4n) is 7.59. The molecule has 0 unspecified atom stereocenters. The van der Waals surface area contributed by atoms with Gasteiger partial charge in [-0.15, -0.1) is 0 Å². The van der Waals surface area contributed by atoms with E-state index in [0.717, 1.165) is 38.8 Å². The molecule has 228 valence electrons. The predicted octanol–water partition coefficient (Wildman–Crippen LogP) is 12.0. The Hall–Kier alpha value is -6.58. The van der Waals surface area contributed by atoms with Crippen molar-refractivity contribution in [3.63, 3.8) is 0 Å². The SMILES string of the molecule is c1ccc(-c2ccc(-c3c4ccccc4c(-c4cccc(-c5nc6c(nc7ccccn76)c6ccccc56)c4)c4ccccc34)cc2)cc1. The standard InChI is InChI=1S/C46H29N3/c1-2-13-30(14-3-1)31-24-26-32(27-25-31)42-35-17-4-6-19-37(35)43(38-20-7-5-18-36(38)42)33-15-12-16-34(29-33)44-39-21-8-9-22-40(39)45-46(48-44)49-28-11-10-23-41(49)47-45/h1-29H. The summed E-state index contributed by atoms with van der Waals surface area (Å²) in [7, 11) is 0. The first-order chi connectivity index (χ1) is 24.3. The molecular weight excluding hydrogens is 595 g/mol. The normalized spacial score (nSPS) is 11.7. The summed E-state index contributed by atoms with van der Waals surface area (Å²) in [5.74, 6) is 0. The second-order valence-electron chi connectivity index (χ2n) is 12.6. The fraction of sp³-hybridized carbons (Fsp3) is 0. The van der Waals surface area contributed by atoms with Gasteiger partial charge in [0, 0.05) is 22.5 Å². The summed E-state index contributed by atoms with van der Waals surface area (Å²) >= 11 is 0. The Balaban J connectivity index is 1.20. The molecule has 0 atom stereocenters. The van der Waals surface area contributed by atoms with Gasteiger partial charge in [0.05, 0.1) is 5.69 Å². The van der Waals surface area contributed by atoms with Crippen LogP contribution in [0.3, 0.4) is 0 Å². The van der Waals surface area contributed by atoms with E-state index in [4.69, 9.17) is 9.97 Å². The van der Waals surface area contributed by atoms with Gasteiger partial charge in [0.2, 0.25) is 0 Å². The van der Waals surface area contributed by atoms with Gasteiger partial charge in [-0.05, 0) is 73.1 Å². The summed E-state index contributed by atoms with van der Waals surface area (Å²) in [6.45, 7) is 0. The van der Waals surface area contributed by atoms with E-state index in [1.54, 1.807) is 0 Å². The largest absolute Gasteiger partial charge is 0.284 e. The molecule has 0 fully saturated rings. The number of fused-ring (bicyclic) bond motifs is 7. The van der Waals surface area contributed by atoms with Gasteiger partial charge in [0.15, 0.2) is 5.65 Å². The van der Waals surface area contributed by atoms with Crippen LogP contribution in [0, 0.1) is 0 Å². The molecule has 0 bridgehead atoms. The third kappa shape index (κ3) is 4.37. The average molecular weight is 624 g/mol. The molecule has 7 aromatic carbocycles. The van der Waals surface area contributed by atoms with Crippen molar-refractivity contribution in [3.8, 4) is 44.6 Å². The van der Waals surface area contributed by atoms with Gasteiger partial charge in [-0.25, -0.2) is 9.97 Å². The van der Waals surface area contributed by atoms with E-state index in [1.807, 2.05) is 24.4 Å². The number of hydrogen-bond donors (Lipinski definition) is 0. The molecule has 0 spiro atoms. The van der Waals surface area contributed by atoms with Crippen LogP contribution in [0.1, 0.15) is 0 Å². The van der Waals surface area contributed by atoms with Crippen molar-refractivity contribution in [3.05, 3.63) is 176 Å². The molecule has 3 nitrogen and oxygen atoms in total. The van der Waals surface area contributed by atoms with Gasteiger partial charge < -0.3 is 0 Å². The molecule has 0 saturated heterocycles. The number of hydrogen-bond acceptors (Lipinski definition) is 2. The number of benzene rings is 7. The van der Waals surface area contributed by atoms with Crippen molar-refractivity contribution in [1.82, 2.24) is 14.4 Å². The van der Waals surface area contributed by atoms with Crippen molar-refractivity contribution < 1.29 is 0 Å². The molecular formula is C46H29N3. The van der Waals surface area contributed by atoms with Crippen molar-refractivity contribution >= 4 is 49.1 Å². The zero-order chi connectivity index (χ0) is 32.3. The second-order valence-corrected chi connectivity index (χ2v) is 12.6. The highest BCUT2D eigenvalue weighted by Gasteiger charge is 2.19. The van der Waals surface area contributed by atoms with Crippen LogP contribution in [-0.2, 0) is 0 Å². The highest BCUT2D eigenvalue weighted by molar-refractivity contribution is 6.21. The van der Waals surface area contributed by atoms with Crippen LogP contribution in [-0.4, -0.2) is 14.4 Å². The highest BCUT2D eigenvalue weighted by Crippen LogP contribution is 2.45. The van der Waals surface area contributed by atoms with Crippen molar-refractivity contribution in [2.75, 3.05) is 0 Å². The minimum absolute atomic E-state index is 0.869. The molecule has 0 amide bonds. The Kier molecular flexibility index (Phi) is 6.18. The summed E-state index contributed by atoms with van der Waals surface area (Å²) in [5.41, 5.74) is 12.0. The van der Waals surface area contributed by atoms with Crippen LogP contribution in [0.25, 0.3) is 93.8 Å². The first-order valence-electron chi connectivity index (χ1n) is 16.7. The van der Waals surface area contributed by atoms with Crippen LogP contribution in [0.2, 0.25) is 0 Å². The summed E-state index contributed by atoms with van der Waals surface area (Å²) in [6, 6.07) is 60.7. The molecule has 3 heteroatoms. The van der Waals surface area contributed by atoms with Crippen LogP contribution in [0.5, 0.6) is 0 Å². The van der Waals surface area contributed by atoms with Gasteiger partial charge in [-0.3, -0.25) is 4.40 Å². The lowest BCUT2D eigenvalue weighted by atomic mass is 9.85. The number of nitrogens with zero attached hydrogens (tertiary/aromatic N) is 3. The Bertz CT molecular complexity index is 2810. The number of imidazole rings is 1. The summed E-state index contributed by atoms with van der Waals surface area (Å²) in [4.78, 5) is 10.3. The van der Waals surface area contributed by atoms with E-state index < -0.39 is 0 Å². The molecule has 10 rings (SSSR count). The zero-order valence-electron chi connectivity index (χ0n) is 26.6. The van der Waals surface area contributed by atoms with Gasteiger partial charge >= 0.3 is 0 Å². The molecule has 3 heterocycles. The molecule has 0 N–H and O–H groups in total. The van der Waals surface area contributed by atoms with E-state index in [9.17, 15) is 0 Å². The van der Waals surface area contributed by atoms with Gasteiger partial charge in [-0.1, -0.05) is 152 Å². The second kappa shape index (κ2) is 11.0. The Morgan fingerprint density at radius 2 is 0.857 bits per heavy atom. The molecule has 0 aliphatic heterocycles. The molecule has 0 aliphatic rings. The molecule has 0 saturated carbocycles. The van der Waals surface area contributed by atoms with Gasteiger partial charge in [-0.2, -0.15) is 0 Å². The summed E-state index contributed by atoms with van der Waals surface area (Å²) in [5, 5.41) is 7.15. The number of pyridine rings is 2. The molecule has 49 heavy (non-hydrogen) atoms. The lowest BCUT2D eigenvalue weighted by molar-refractivity contribution is 1.19. The maximum Gasteiger partial charge on any atom is 0.165 e. The van der Waals surface area contributed by atoms with Crippen LogP contribution in [0.4, 0.5) is 0 Å². The van der Waals surface area contributed by atoms with E-state index in [1.165, 1.54) is 54.9 Å². The van der Waals surface area contributed by atoms with Crippen LogP contribution >= 0.6 is 0 Å². The predicted molar refractivity (Wildman–Crippen MR) is 205 cm³/mol. The fourth-order valence-corrected chi connectivity index (χ4v) is 7.59. The molecule has 0 aliphatic carbocycles. The Labute approximate surface area is 283 Å². The maximum absolute atomic E-state index is 5.30. The highest BCUT2D eigenvalue weighted by atomic mass is 15.1. The monoisotopic (exact) mass is 623 g/mol. The number of aromatic nitrogens is 3. The van der Waals surface area contributed by atoms with E-state index >= 15 is 0 Å². The molecule has 10 aromatic rings. The first-order valence-corrected chi connectivity index (χ1v) is 16.7. The minimum Gasteiger partial charge on any atom is -0.284 e. The molecule has 3 aromatic heterocycles.